The molecule has 0 spiro atoms. The van der Waals surface area contributed by atoms with Crippen molar-refractivity contribution in [1.29, 1.82) is 0 Å². The van der Waals surface area contributed by atoms with E-state index in [1.54, 1.807) is 12.1 Å². The molecule has 2 amide bonds. The van der Waals surface area contributed by atoms with E-state index in [-0.39, 0.29) is 18.2 Å². The van der Waals surface area contributed by atoms with Crippen LogP contribution in [0.4, 0.5) is 5.69 Å². The molecule has 7 heteroatoms. The van der Waals surface area contributed by atoms with Crippen molar-refractivity contribution in [1.82, 2.24) is 10.2 Å². The van der Waals surface area contributed by atoms with Gasteiger partial charge in [-0.25, -0.2) is 4.99 Å². The number of nitrogens with one attached hydrogen (secondary N) is 2. The second kappa shape index (κ2) is 7.21. The summed E-state index contributed by atoms with van der Waals surface area (Å²) in [5.41, 5.74) is 1.55. The second-order valence-electron chi connectivity index (χ2n) is 6.22. The fraction of sp³-hybridized carbons (Fsp3) is 0.471. The molecule has 0 unspecified atom stereocenters. The highest BCUT2D eigenvalue weighted by atomic mass is 35.5. The number of hydrogen-bond donors (Lipinski definition) is 2. The van der Waals surface area contributed by atoms with Crippen molar-refractivity contribution in [2.45, 2.75) is 38.6 Å². The van der Waals surface area contributed by atoms with E-state index in [4.69, 9.17) is 11.6 Å². The summed E-state index contributed by atoms with van der Waals surface area (Å²) in [5.74, 6) is 0.0555. The number of aryl methyl sites for hydroxylation is 1. The highest BCUT2D eigenvalue weighted by molar-refractivity contribution is 6.31. The number of halogens is 1. The number of benzene rings is 1. The first-order valence-corrected chi connectivity index (χ1v) is 8.60. The van der Waals surface area contributed by atoms with Crippen LogP contribution in [0, 0.1) is 6.92 Å². The number of likely N-dealkylation sites (tertiary alicyclic amines) is 1. The Labute approximate surface area is 146 Å². The molecular weight excluding hydrogens is 328 g/mol. The lowest BCUT2D eigenvalue weighted by Crippen LogP contribution is -2.51. The standard InChI is InChI=1S/C17H21ClN4O2/c1-11-5-6-12(9-13(11)18)19-16(24)14-10-15(23)21-17(20-14)22-7-3-2-4-8-22/h5-6,9,14H,2-4,7-8,10H2,1H3,(H,19,24)(H,20,21,23)/t14-/m1/s1. The van der Waals surface area contributed by atoms with Gasteiger partial charge in [-0.15, -0.1) is 0 Å². The van der Waals surface area contributed by atoms with Crippen LogP contribution < -0.4 is 10.6 Å². The van der Waals surface area contributed by atoms with Crippen LogP contribution in [-0.4, -0.2) is 41.8 Å². The first-order chi connectivity index (χ1) is 11.5. The van der Waals surface area contributed by atoms with Gasteiger partial charge in [-0.3, -0.25) is 14.9 Å². The van der Waals surface area contributed by atoms with Crippen molar-refractivity contribution in [3.63, 3.8) is 0 Å². The minimum absolute atomic E-state index is 0.0583. The Morgan fingerprint density at radius 2 is 2.08 bits per heavy atom. The van der Waals surface area contributed by atoms with E-state index in [9.17, 15) is 9.59 Å². The van der Waals surface area contributed by atoms with Crippen LogP contribution in [0.1, 0.15) is 31.2 Å². The van der Waals surface area contributed by atoms with E-state index in [1.807, 2.05) is 17.9 Å². The molecule has 1 atom stereocenters. The topological polar surface area (TPSA) is 73.8 Å². The van der Waals surface area contributed by atoms with Crippen molar-refractivity contribution in [2.75, 3.05) is 18.4 Å². The smallest absolute Gasteiger partial charge is 0.249 e. The monoisotopic (exact) mass is 348 g/mol. The van der Waals surface area contributed by atoms with Crippen LogP contribution in [0.3, 0.4) is 0 Å². The maximum atomic E-state index is 12.5. The number of hydrogen-bond acceptors (Lipinski definition) is 4. The van der Waals surface area contributed by atoms with Crippen LogP contribution >= 0.6 is 11.6 Å². The number of nitrogens with zero attached hydrogens (tertiary/aromatic N) is 2. The molecule has 1 aromatic carbocycles. The fourth-order valence-electron chi connectivity index (χ4n) is 2.89. The van der Waals surface area contributed by atoms with Gasteiger partial charge >= 0.3 is 0 Å². The number of guanidine groups is 1. The Balaban J connectivity index is 1.72. The maximum absolute atomic E-state index is 12.5. The average molecular weight is 349 g/mol. The zero-order chi connectivity index (χ0) is 17.1. The number of piperidine rings is 1. The van der Waals surface area contributed by atoms with Crippen molar-refractivity contribution in [3.8, 4) is 0 Å². The zero-order valence-corrected chi connectivity index (χ0v) is 14.4. The van der Waals surface area contributed by atoms with Gasteiger partial charge in [-0.05, 0) is 43.9 Å². The van der Waals surface area contributed by atoms with E-state index >= 15 is 0 Å². The molecule has 3 rings (SSSR count). The van der Waals surface area contributed by atoms with E-state index in [1.165, 1.54) is 6.42 Å². The van der Waals surface area contributed by atoms with Crippen LogP contribution in [0.2, 0.25) is 5.02 Å². The number of carbonyl (C=O) groups is 2. The quantitative estimate of drug-likeness (QED) is 0.861. The minimum atomic E-state index is -0.712. The summed E-state index contributed by atoms with van der Waals surface area (Å²) in [6.45, 7) is 3.62. The minimum Gasteiger partial charge on any atom is -0.343 e. The molecule has 1 aromatic rings. The number of carbonyl (C=O) groups excluding carboxylic acids is 2. The Kier molecular flexibility index (Phi) is 5.04. The highest BCUT2D eigenvalue weighted by Gasteiger charge is 2.29. The Morgan fingerprint density at radius 3 is 2.79 bits per heavy atom. The van der Waals surface area contributed by atoms with Gasteiger partial charge in [0.25, 0.3) is 0 Å². The molecular formula is C17H21ClN4O2. The van der Waals surface area contributed by atoms with Crippen molar-refractivity contribution in [2.24, 2.45) is 4.99 Å². The summed E-state index contributed by atoms with van der Waals surface area (Å²) in [5, 5.41) is 6.17. The molecule has 1 saturated heterocycles. The molecule has 6 nitrogen and oxygen atoms in total. The molecule has 2 aliphatic heterocycles. The van der Waals surface area contributed by atoms with Gasteiger partial charge in [0.15, 0.2) is 0 Å². The highest BCUT2D eigenvalue weighted by Crippen LogP contribution is 2.21. The van der Waals surface area contributed by atoms with Crippen molar-refractivity contribution < 1.29 is 9.59 Å². The molecule has 0 bridgehead atoms. The molecule has 0 saturated carbocycles. The lowest BCUT2D eigenvalue weighted by Gasteiger charge is -2.32. The van der Waals surface area contributed by atoms with E-state index < -0.39 is 6.04 Å². The van der Waals surface area contributed by atoms with E-state index in [2.05, 4.69) is 15.6 Å². The van der Waals surface area contributed by atoms with Crippen LogP contribution in [0.25, 0.3) is 0 Å². The molecule has 1 fully saturated rings. The number of rotatable bonds is 2. The number of amides is 2. The van der Waals surface area contributed by atoms with Crippen LogP contribution in [0.5, 0.6) is 0 Å². The predicted octanol–water partition coefficient (Wildman–Crippen LogP) is 2.32. The van der Waals surface area contributed by atoms with Gasteiger partial charge in [0.1, 0.15) is 6.04 Å². The molecule has 2 heterocycles. The third kappa shape index (κ3) is 3.87. The fourth-order valence-corrected chi connectivity index (χ4v) is 3.07. The van der Waals surface area contributed by atoms with Gasteiger partial charge in [0.2, 0.25) is 17.8 Å². The third-order valence-corrected chi connectivity index (χ3v) is 4.71. The summed E-state index contributed by atoms with van der Waals surface area (Å²) < 4.78 is 0. The SMILES string of the molecule is Cc1ccc(NC(=O)[C@H]2CC(=O)NC(N3CCCCC3)=N2)cc1Cl. The lowest BCUT2D eigenvalue weighted by molar-refractivity contribution is -0.125. The number of anilines is 1. The third-order valence-electron chi connectivity index (χ3n) is 4.31. The summed E-state index contributed by atoms with van der Waals surface area (Å²) in [6.07, 6.45) is 3.40. The first kappa shape index (κ1) is 16.8. The molecule has 24 heavy (non-hydrogen) atoms. The normalized spacial score (nSPS) is 21.1. The van der Waals surface area contributed by atoms with E-state index in [0.29, 0.717) is 16.7 Å². The second-order valence-corrected chi connectivity index (χ2v) is 6.63. The van der Waals surface area contributed by atoms with E-state index in [0.717, 1.165) is 31.5 Å². The average Bonchev–Trinajstić information content (AvgIpc) is 2.58. The largest absolute Gasteiger partial charge is 0.343 e. The maximum Gasteiger partial charge on any atom is 0.249 e. The summed E-state index contributed by atoms with van der Waals surface area (Å²) >= 11 is 6.08. The Hall–Kier alpha value is -2.08. The molecule has 2 aliphatic rings. The van der Waals surface area contributed by atoms with Gasteiger partial charge in [0, 0.05) is 23.8 Å². The predicted molar refractivity (Wildman–Crippen MR) is 94.2 cm³/mol. The molecule has 0 aromatic heterocycles. The summed E-state index contributed by atoms with van der Waals surface area (Å²) in [7, 11) is 0. The summed E-state index contributed by atoms with van der Waals surface area (Å²) in [4.78, 5) is 30.9. The first-order valence-electron chi connectivity index (χ1n) is 8.22. The Morgan fingerprint density at radius 1 is 1.33 bits per heavy atom. The van der Waals surface area contributed by atoms with Gasteiger partial charge < -0.3 is 10.2 Å². The van der Waals surface area contributed by atoms with Crippen LogP contribution in [0.15, 0.2) is 23.2 Å². The zero-order valence-electron chi connectivity index (χ0n) is 13.6. The van der Waals surface area contributed by atoms with Gasteiger partial charge in [0.05, 0.1) is 6.42 Å². The molecule has 128 valence electrons. The molecule has 0 aliphatic carbocycles. The van der Waals surface area contributed by atoms with Gasteiger partial charge in [-0.1, -0.05) is 17.7 Å². The lowest BCUT2D eigenvalue weighted by atomic mass is 10.1. The van der Waals surface area contributed by atoms with Gasteiger partial charge in [-0.2, -0.15) is 0 Å². The summed E-state index contributed by atoms with van der Waals surface area (Å²) in [6, 6.07) is 4.62. The van der Waals surface area contributed by atoms with Crippen LogP contribution in [-0.2, 0) is 9.59 Å². The number of aliphatic imine (C=N–C) groups is 1. The molecule has 2 N–H and O–H groups in total. The van der Waals surface area contributed by atoms with Crippen molar-refractivity contribution >= 4 is 35.1 Å². The van der Waals surface area contributed by atoms with Crippen molar-refractivity contribution in [3.05, 3.63) is 28.8 Å². The molecule has 0 radical (unpaired) electrons. The Bertz CT molecular complexity index is 683.